The molecule has 0 radical (unpaired) electrons. The first-order valence-electron chi connectivity index (χ1n) is 11.0. The summed E-state index contributed by atoms with van der Waals surface area (Å²) in [5.74, 6) is 0.693. The maximum absolute atomic E-state index is 13.0. The lowest BCUT2D eigenvalue weighted by atomic mass is 10.3. The van der Waals surface area contributed by atoms with Crippen LogP contribution in [0.4, 0.5) is 5.69 Å². The summed E-state index contributed by atoms with van der Waals surface area (Å²) in [6.45, 7) is 3.98. The van der Waals surface area contributed by atoms with Crippen LogP contribution in [0.1, 0.15) is 22.6 Å². The number of para-hydroxylation sites is 1. The number of carbonyl (C=O) groups is 1. The number of nitrogens with zero attached hydrogens (tertiary/aromatic N) is 6. The Morgan fingerprint density at radius 2 is 1.88 bits per heavy atom. The largest absolute Gasteiger partial charge is 0.379 e. The van der Waals surface area contributed by atoms with Crippen molar-refractivity contribution in [3.8, 4) is 5.95 Å². The third kappa shape index (κ3) is 4.09. The predicted octanol–water partition coefficient (Wildman–Crippen LogP) is 2.91. The number of aromatic nitrogens is 4. The molecule has 1 N–H and O–H groups in total. The first kappa shape index (κ1) is 20.3. The quantitative estimate of drug-likeness (QED) is 0.528. The number of benzene rings is 1. The second kappa shape index (κ2) is 8.84. The van der Waals surface area contributed by atoms with Crippen LogP contribution in [0.3, 0.4) is 0 Å². The highest BCUT2D eigenvalue weighted by atomic mass is 16.2. The van der Waals surface area contributed by atoms with E-state index in [1.807, 2.05) is 62.5 Å². The molecule has 1 amide bonds. The highest BCUT2D eigenvalue weighted by Gasteiger charge is 2.22. The molecule has 0 bridgehead atoms. The van der Waals surface area contributed by atoms with Crippen molar-refractivity contribution < 1.29 is 4.79 Å². The minimum Gasteiger partial charge on any atom is -0.379 e. The summed E-state index contributed by atoms with van der Waals surface area (Å²) in [7, 11) is 2.09. The van der Waals surface area contributed by atoms with E-state index in [0.717, 1.165) is 49.5 Å². The Bertz CT molecular complexity index is 1210. The molecule has 3 aromatic heterocycles. The van der Waals surface area contributed by atoms with Crippen molar-refractivity contribution in [1.82, 2.24) is 28.7 Å². The zero-order valence-corrected chi connectivity index (χ0v) is 18.2. The summed E-state index contributed by atoms with van der Waals surface area (Å²) >= 11 is 0. The minimum atomic E-state index is -0.0223. The molecule has 0 saturated carbocycles. The van der Waals surface area contributed by atoms with E-state index in [0.29, 0.717) is 18.2 Å². The SMILES string of the molecule is CN1CCCN(C(=O)c2cn(-c3nc(CNc4ccccc4)c4ccccn34)cn2)CC1. The van der Waals surface area contributed by atoms with E-state index in [1.165, 1.54) is 0 Å². The Morgan fingerprint density at radius 1 is 1.03 bits per heavy atom. The molecule has 164 valence electrons. The summed E-state index contributed by atoms with van der Waals surface area (Å²) in [5, 5.41) is 3.43. The second-order valence-electron chi connectivity index (χ2n) is 8.15. The first-order valence-corrected chi connectivity index (χ1v) is 11.0. The van der Waals surface area contributed by atoms with Gasteiger partial charge in [-0.2, -0.15) is 0 Å². The lowest BCUT2D eigenvalue weighted by Crippen LogP contribution is -2.34. The average Bonchev–Trinajstić information content (AvgIpc) is 3.39. The molecule has 1 aliphatic heterocycles. The van der Waals surface area contributed by atoms with E-state index in [2.05, 4.69) is 28.3 Å². The Labute approximate surface area is 187 Å². The van der Waals surface area contributed by atoms with Gasteiger partial charge in [-0.15, -0.1) is 0 Å². The smallest absolute Gasteiger partial charge is 0.274 e. The van der Waals surface area contributed by atoms with Gasteiger partial charge in [0.25, 0.3) is 5.91 Å². The van der Waals surface area contributed by atoms with Crippen LogP contribution in [0.5, 0.6) is 0 Å². The molecule has 1 fully saturated rings. The van der Waals surface area contributed by atoms with Gasteiger partial charge in [0.2, 0.25) is 5.95 Å². The Kier molecular flexibility index (Phi) is 5.60. The van der Waals surface area contributed by atoms with E-state index in [-0.39, 0.29) is 5.91 Å². The number of pyridine rings is 1. The average molecular weight is 430 g/mol. The van der Waals surface area contributed by atoms with Crippen molar-refractivity contribution >= 4 is 17.1 Å². The van der Waals surface area contributed by atoms with Crippen LogP contribution in [-0.2, 0) is 6.54 Å². The molecule has 4 aromatic rings. The lowest BCUT2D eigenvalue weighted by Gasteiger charge is -2.19. The number of imidazole rings is 2. The molecule has 32 heavy (non-hydrogen) atoms. The highest BCUT2D eigenvalue weighted by molar-refractivity contribution is 5.92. The Balaban J connectivity index is 1.40. The first-order chi connectivity index (χ1) is 15.7. The molecular formula is C24H27N7O. The second-order valence-corrected chi connectivity index (χ2v) is 8.15. The number of hydrogen-bond donors (Lipinski definition) is 1. The van der Waals surface area contributed by atoms with Gasteiger partial charge in [-0.05, 0) is 44.3 Å². The van der Waals surface area contributed by atoms with Crippen LogP contribution >= 0.6 is 0 Å². The fourth-order valence-corrected chi connectivity index (χ4v) is 4.09. The summed E-state index contributed by atoms with van der Waals surface area (Å²) in [5.41, 5.74) is 3.44. The van der Waals surface area contributed by atoms with E-state index in [4.69, 9.17) is 4.98 Å². The van der Waals surface area contributed by atoms with Gasteiger partial charge in [-0.3, -0.25) is 13.8 Å². The normalized spacial score (nSPS) is 15.1. The number of rotatable bonds is 5. The van der Waals surface area contributed by atoms with Crippen molar-refractivity contribution in [1.29, 1.82) is 0 Å². The minimum absolute atomic E-state index is 0.0223. The van der Waals surface area contributed by atoms with Crippen LogP contribution < -0.4 is 5.32 Å². The molecule has 8 heteroatoms. The third-order valence-electron chi connectivity index (χ3n) is 5.88. The molecule has 1 aromatic carbocycles. The van der Waals surface area contributed by atoms with Gasteiger partial charge in [-0.25, -0.2) is 9.97 Å². The summed E-state index contributed by atoms with van der Waals surface area (Å²) in [6, 6.07) is 16.1. The molecule has 0 spiro atoms. The van der Waals surface area contributed by atoms with Gasteiger partial charge < -0.3 is 15.1 Å². The molecule has 8 nitrogen and oxygen atoms in total. The molecule has 5 rings (SSSR count). The van der Waals surface area contributed by atoms with Crippen LogP contribution in [0.2, 0.25) is 0 Å². The van der Waals surface area contributed by atoms with Crippen molar-refractivity contribution in [3.05, 3.63) is 78.6 Å². The molecular weight excluding hydrogens is 402 g/mol. The fraction of sp³-hybridized carbons (Fsp3) is 0.292. The number of fused-ring (bicyclic) bond motifs is 1. The van der Waals surface area contributed by atoms with Crippen LogP contribution in [0.25, 0.3) is 11.5 Å². The van der Waals surface area contributed by atoms with Crippen LogP contribution in [0, 0.1) is 0 Å². The fourth-order valence-electron chi connectivity index (χ4n) is 4.09. The zero-order chi connectivity index (χ0) is 21.9. The number of anilines is 1. The summed E-state index contributed by atoms with van der Waals surface area (Å²) in [4.78, 5) is 26.5. The van der Waals surface area contributed by atoms with Gasteiger partial charge >= 0.3 is 0 Å². The van der Waals surface area contributed by atoms with E-state index in [9.17, 15) is 4.79 Å². The third-order valence-corrected chi connectivity index (χ3v) is 5.88. The van der Waals surface area contributed by atoms with E-state index >= 15 is 0 Å². The van der Waals surface area contributed by atoms with E-state index in [1.54, 1.807) is 12.5 Å². The number of amides is 1. The molecule has 0 unspecified atom stereocenters. The predicted molar refractivity (Wildman–Crippen MR) is 124 cm³/mol. The monoisotopic (exact) mass is 429 g/mol. The molecule has 0 aliphatic carbocycles. The number of nitrogens with one attached hydrogen (secondary N) is 1. The van der Waals surface area contributed by atoms with Gasteiger partial charge in [0, 0.05) is 37.7 Å². The van der Waals surface area contributed by atoms with Gasteiger partial charge in [0.1, 0.15) is 12.0 Å². The van der Waals surface area contributed by atoms with Crippen LogP contribution in [0.15, 0.2) is 67.3 Å². The van der Waals surface area contributed by atoms with E-state index < -0.39 is 0 Å². The highest BCUT2D eigenvalue weighted by Crippen LogP contribution is 2.19. The van der Waals surface area contributed by atoms with Crippen LogP contribution in [-0.4, -0.2) is 67.9 Å². The molecule has 1 saturated heterocycles. The summed E-state index contributed by atoms with van der Waals surface area (Å²) in [6.07, 6.45) is 6.42. The van der Waals surface area contributed by atoms with Crippen molar-refractivity contribution in [2.24, 2.45) is 0 Å². The van der Waals surface area contributed by atoms with Crippen molar-refractivity contribution in [3.63, 3.8) is 0 Å². The van der Waals surface area contributed by atoms with Gasteiger partial charge in [-0.1, -0.05) is 24.3 Å². The topological polar surface area (TPSA) is 70.7 Å². The molecule has 0 atom stereocenters. The van der Waals surface area contributed by atoms with Gasteiger partial charge in [0.15, 0.2) is 0 Å². The summed E-state index contributed by atoms with van der Waals surface area (Å²) < 4.78 is 3.86. The standard InChI is InChI=1S/C24H27N7O/c1-28-11-7-12-29(15-14-28)23(32)21-17-30(18-26-21)24-27-20(22-10-5-6-13-31(22)24)16-25-19-8-3-2-4-9-19/h2-6,8-10,13,17-18,25H,7,11-12,14-16H2,1H3. The van der Waals surface area contributed by atoms with Crippen molar-refractivity contribution in [2.45, 2.75) is 13.0 Å². The zero-order valence-electron chi connectivity index (χ0n) is 18.2. The maximum atomic E-state index is 13.0. The van der Waals surface area contributed by atoms with Gasteiger partial charge in [0.05, 0.1) is 17.8 Å². The maximum Gasteiger partial charge on any atom is 0.274 e. The number of carbonyl (C=O) groups excluding carboxylic acids is 1. The lowest BCUT2D eigenvalue weighted by molar-refractivity contribution is 0.0757. The number of hydrogen-bond acceptors (Lipinski definition) is 5. The molecule has 4 heterocycles. The Hall–Kier alpha value is -3.65. The van der Waals surface area contributed by atoms with Crippen molar-refractivity contribution in [2.75, 3.05) is 38.5 Å². The Morgan fingerprint density at radius 3 is 2.75 bits per heavy atom. The number of likely N-dealkylation sites (N-methyl/N-ethyl adjacent to an activating group) is 1. The molecule has 1 aliphatic rings.